The molecule has 0 saturated carbocycles. The van der Waals surface area contributed by atoms with Gasteiger partial charge in [0.1, 0.15) is 23.7 Å². The number of benzene rings is 1. The maximum atomic E-state index is 11.1. The molecule has 0 aliphatic heterocycles. The van der Waals surface area contributed by atoms with E-state index in [4.69, 9.17) is 16.3 Å². The van der Waals surface area contributed by atoms with Crippen molar-refractivity contribution >= 4 is 17.3 Å². The minimum Gasteiger partial charge on any atom is -0.496 e. The molecule has 23 heavy (non-hydrogen) atoms. The van der Waals surface area contributed by atoms with E-state index in [0.717, 1.165) is 16.2 Å². The van der Waals surface area contributed by atoms with Crippen LogP contribution in [0, 0.1) is 24.0 Å². The van der Waals surface area contributed by atoms with Gasteiger partial charge in [-0.15, -0.1) is 0 Å². The van der Waals surface area contributed by atoms with Crippen molar-refractivity contribution in [3.63, 3.8) is 0 Å². The smallest absolute Gasteiger partial charge is 0.312 e. The fraction of sp³-hybridized carbons (Fsp3) is 0.400. The Labute approximate surface area is 139 Å². The summed E-state index contributed by atoms with van der Waals surface area (Å²) in [4.78, 5) is 11.8. The van der Waals surface area contributed by atoms with E-state index in [0.29, 0.717) is 29.6 Å². The van der Waals surface area contributed by atoms with E-state index < -0.39 is 0 Å². The van der Waals surface area contributed by atoms with E-state index in [2.05, 4.69) is 5.10 Å². The summed E-state index contributed by atoms with van der Waals surface area (Å²) in [6.07, 6.45) is 0. The highest BCUT2D eigenvalue weighted by Gasteiger charge is 2.23. The lowest BCUT2D eigenvalue weighted by Gasteiger charge is -2.16. The van der Waals surface area contributed by atoms with Crippen LogP contribution in [-0.4, -0.2) is 28.9 Å². The Kier molecular flexibility index (Phi) is 5.23. The fourth-order valence-electron chi connectivity index (χ4n) is 2.63. The topological polar surface area (TPSA) is 74.6 Å². The lowest BCUT2D eigenvalue weighted by atomic mass is 10.2. The van der Waals surface area contributed by atoms with Gasteiger partial charge in [-0.25, -0.2) is 4.68 Å². The number of halogens is 1. The van der Waals surface area contributed by atoms with Gasteiger partial charge in [-0.05, 0) is 32.0 Å². The Hall–Kier alpha value is -2.12. The van der Waals surface area contributed by atoms with Gasteiger partial charge < -0.3 is 9.64 Å². The Bertz CT molecular complexity index is 730. The van der Waals surface area contributed by atoms with E-state index in [1.807, 2.05) is 19.2 Å². The monoisotopic (exact) mass is 339 g/mol. The van der Waals surface area contributed by atoms with E-state index in [1.165, 1.54) is 0 Å². The summed E-state index contributed by atoms with van der Waals surface area (Å²) in [5.41, 5.74) is 2.05. The van der Waals surface area contributed by atoms with Gasteiger partial charge in [0.15, 0.2) is 6.67 Å². The minimum absolute atomic E-state index is 0.0816. The third-order valence-corrected chi connectivity index (χ3v) is 3.92. The molecule has 0 radical (unpaired) electrons. The summed E-state index contributed by atoms with van der Waals surface area (Å²) in [7, 11) is 3.61. The van der Waals surface area contributed by atoms with Crippen molar-refractivity contribution in [2.24, 2.45) is 0 Å². The molecular formula is C15H20ClN4O3+. The van der Waals surface area contributed by atoms with Crippen LogP contribution in [0.2, 0.25) is 5.02 Å². The van der Waals surface area contributed by atoms with Crippen LogP contribution in [0.25, 0.3) is 0 Å². The first-order chi connectivity index (χ1) is 10.8. The molecule has 0 aliphatic carbocycles. The maximum absolute atomic E-state index is 11.1. The Morgan fingerprint density at radius 1 is 1.43 bits per heavy atom. The highest BCUT2D eigenvalue weighted by molar-refractivity contribution is 6.30. The van der Waals surface area contributed by atoms with Crippen LogP contribution in [-0.2, 0) is 13.2 Å². The van der Waals surface area contributed by atoms with Crippen LogP contribution in [0.15, 0.2) is 18.2 Å². The molecule has 0 amide bonds. The number of nitrogens with zero attached hydrogens (tertiary/aromatic N) is 3. The molecule has 1 aromatic carbocycles. The molecule has 1 unspecified atom stereocenters. The van der Waals surface area contributed by atoms with Crippen LogP contribution >= 0.6 is 11.6 Å². The number of hydrogen-bond donors (Lipinski definition) is 1. The number of rotatable bonds is 6. The van der Waals surface area contributed by atoms with Gasteiger partial charge in [-0.1, -0.05) is 11.6 Å². The molecule has 0 aliphatic rings. The SMILES string of the molecule is COc1ccc(Cl)cc1C[NH+](C)Cn1nc(C)c([N+](=O)[O-])c1C. The number of quaternary nitrogens is 1. The zero-order valence-corrected chi connectivity index (χ0v) is 14.3. The molecule has 0 bridgehead atoms. The van der Waals surface area contributed by atoms with Crippen molar-refractivity contribution in [1.29, 1.82) is 0 Å². The summed E-state index contributed by atoms with van der Waals surface area (Å²) >= 11 is 6.04. The van der Waals surface area contributed by atoms with Gasteiger partial charge in [0.05, 0.1) is 19.1 Å². The zero-order valence-electron chi connectivity index (χ0n) is 13.6. The normalized spacial score (nSPS) is 12.2. The number of hydrogen-bond acceptors (Lipinski definition) is 4. The molecule has 1 heterocycles. The predicted octanol–water partition coefficient (Wildman–Crippen LogP) is 1.74. The first-order valence-corrected chi connectivity index (χ1v) is 7.53. The zero-order chi connectivity index (χ0) is 17.1. The highest BCUT2D eigenvalue weighted by atomic mass is 35.5. The number of aromatic nitrogens is 2. The molecule has 0 fully saturated rings. The Morgan fingerprint density at radius 3 is 2.70 bits per heavy atom. The van der Waals surface area contributed by atoms with E-state index in [9.17, 15) is 10.1 Å². The number of nitro groups is 1. The molecule has 0 saturated heterocycles. The summed E-state index contributed by atoms with van der Waals surface area (Å²) in [6, 6.07) is 5.48. The molecule has 8 heteroatoms. The van der Waals surface area contributed by atoms with Gasteiger partial charge in [-0.2, -0.15) is 5.10 Å². The summed E-state index contributed by atoms with van der Waals surface area (Å²) < 4.78 is 7.01. The third-order valence-electron chi connectivity index (χ3n) is 3.68. The second-order valence-corrected chi connectivity index (χ2v) is 5.96. The molecule has 7 nitrogen and oxygen atoms in total. The predicted molar refractivity (Wildman–Crippen MR) is 87.0 cm³/mol. The van der Waals surface area contributed by atoms with Gasteiger partial charge in [0, 0.05) is 10.6 Å². The largest absolute Gasteiger partial charge is 0.496 e. The number of ether oxygens (including phenoxy) is 1. The lowest BCUT2D eigenvalue weighted by Crippen LogP contribution is -3.07. The standard InChI is InChI=1S/C15H19ClN4O3/c1-10-15(20(21)22)11(2)19(17-10)9-18(3)8-12-7-13(16)5-6-14(12)23-4/h5-7H,8-9H2,1-4H3/p+1. The summed E-state index contributed by atoms with van der Waals surface area (Å²) in [6.45, 7) is 4.54. The van der Waals surface area contributed by atoms with Crippen molar-refractivity contribution in [3.8, 4) is 5.75 Å². The van der Waals surface area contributed by atoms with Gasteiger partial charge in [0.2, 0.25) is 0 Å². The Balaban J connectivity index is 2.17. The van der Waals surface area contributed by atoms with Crippen LogP contribution in [0.5, 0.6) is 5.75 Å². The molecule has 0 spiro atoms. The average Bonchev–Trinajstić information content (AvgIpc) is 2.73. The second kappa shape index (κ2) is 6.97. The molecule has 1 atom stereocenters. The maximum Gasteiger partial charge on any atom is 0.312 e. The molecule has 1 N–H and O–H groups in total. The average molecular weight is 340 g/mol. The highest BCUT2D eigenvalue weighted by Crippen LogP contribution is 2.22. The molecule has 2 rings (SSSR count). The lowest BCUT2D eigenvalue weighted by molar-refractivity contribution is -0.917. The van der Waals surface area contributed by atoms with E-state index in [1.54, 1.807) is 31.7 Å². The minimum atomic E-state index is -0.385. The second-order valence-electron chi connectivity index (χ2n) is 5.52. The summed E-state index contributed by atoms with van der Waals surface area (Å²) in [5, 5.41) is 16.0. The van der Waals surface area contributed by atoms with Crippen molar-refractivity contribution in [2.45, 2.75) is 27.1 Å². The molecule has 2 aromatic rings. The van der Waals surface area contributed by atoms with Crippen LogP contribution in [0.4, 0.5) is 5.69 Å². The quantitative estimate of drug-likeness (QED) is 0.642. The van der Waals surface area contributed by atoms with E-state index in [-0.39, 0.29) is 10.6 Å². The number of aryl methyl sites for hydroxylation is 1. The first kappa shape index (κ1) is 17.2. The van der Waals surface area contributed by atoms with Crippen LogP contribution in [0.1, 0.15) is 17.0 Å². The van der Waals surface area contributed by atoms with Gasteiger partial charge in [0.25, 0.3) is 0 Å². The van der Waals surface area contributed by atoms with Gasteiger partial charge >= 0.3 is 5.69 Å². The molecule has 1 aromatic heterocycles. The van der Waals surface area contributed by atoms with Crippen molar-refractivity contribution in [1.82, 2.24) is 9.78 Å². The van der Waals surface area contributed by atoms with Gasteiger partial charge in [-0.3, -0.25) is 10.1 Å². The Morgan fingerprint density at radius 2 is 2.13 bits per heavy atom. The fourth-order valence-corrected chi connectivity index (χ4v) is 2.82. The van der Waals surface area contributed by atoms with Crippen molar-refractivity contribution in [2.75, 3.05) is 14.2 Å². The van der Waals surface area contributed by atoms with Crippen LogP contribution in [0.3, 0.4) is 0 Å². The number of methoxy groups -OCH3 is 1. The number of nitrogens with one attached hydrogen (secondary N) is 1. The van der Waals surface area contributed by atoms with E-state index >= 15 is 0 Å². The van der Waals surface area contributed by atoms with Crippen molar-refractivity contribution in [3.05, 3.63) is 50.3 Å². The van der Waals surface area contributed by atoms with Crippen LogP contribution < -0.4 is 9.64 Å². The first-order valence-electron chi connectivity index (χ1n) is 7.15. The third kappa shape index (κ3) is 3.80. The molecular weight excluding hydrogens is 320 g/mol. The summed E-state index contributed by atoms with van der Waals surface area (Å²) in [5.74, 6) is 0.771. The van der Waals surface area contributed by atoms with Crippen molar-refractivity contribution < 1.29 is 14.6 Å². The molecule has 124 valence electrons.